The fourth-order valence-corrected chi connectivity index (χ4v) is 2.11. The lowest BCUT2D eigenvalue weighted by molar-refractivity contribution is 0.0595. The van der Waals surface area contributed by atoms with Gasteiger partial charge in [0.2, 0.25) is 0 Å². The number of anilines is 1. The van der Waals surface area contributed by atoms with Crippen LogP contribution in [-0.4, -0.2) is 13.1 Å². The highest BCUT2D eigenvalue weighted by molar-refractivity contribution is 9.10. The number of esters is 1. The Balaban J connectivity index is 2.24. The van der Waals surface area contributed by atoms with Gasteiger partial charge in [-0.25, -0.2) is 9.18 Å². The minimum absolute atomic E-state index is 0.103. The molecule has 2 aromatic rings. The molecule has 2 rings (SSSR count). The van der Waals surface area contributed by atoms with Gasteiger partial charge in [0, 0.05) is 15.7 Å². The summed E-state index contributed by atoms with van der Waals surface area (Å²) in [5.74, 6) is -0.579. The summed E-state index contributed by atoms with van der Waals surface area (Å²) in [4.78, 5) is 11.7. The minimum atomic E-state index is -0.546. The molecule has 0 aliphatic carbocycles. The Morgan fingerprint density at radius 3 is 2.76 bits per heavy atom. The number of carbonyl (C=O) groups excluding carboxylic acids is 1. The van der Waals surface area contributed by atoms with Crippen molar-refractivity contribution in [2.24, 2.45) is 0 Å². The first-order valence-corrected chi connectivity index (χ1v) is 6.85. The highest BCUT2D eigenvalue weighted by Crippen LogP contribution is 2.25. The van der Waals surface area contributed by atoms with E-state index in [-0.39, 0.29) is 18.0 Å². The average molecular weight is 354 g/mol. The first kappa shape index (κ1) is 15.3. The Morgan fingerprint density at radius 2 is 2.05 bits per heavy atom. The number of hydrogen-bond acceptors (Lipinski definition) is 4. The van der Waals surface area contributed by atoms with Crippen molar-refractivity contribution in [2.45, 2.75) is 6.61 Å². The summed E-state index contributed by atoms with van der Waals surface area (Å²) in [6.45, 7) is 0.103. The van der Waals surface area contributed by atoms with Crippen molar-refractivity contribution < 1.29 is 18.7 Å². The van der Waals surface area contributed by atoms with Gasteiger partial charge in [-0.05, 0) is 36.4 Å². The normalized spacial score (nSPS) is 10.2. The molecule has 0 spiro atoms. The third kappa shape index (κ3) is 3.72. The molecule has 2 N–H and O–H groups in total. The van der Waals surface area contributed by atoms with E-state index in [0.717, 1.165) is 4.47 Å². The van der Waals surface area contributed by atoms with Crippen LogP contribution in [0.2, 0.25) is 0 Å². The highest BCUT2D eigenvalue weighted by atomic mass is 79.9. The first-order valence-electron chi connectivity index (χ1n) is 6.06. The molecule has 0 atom stereocenters. The van der Waals surface area contributed by atoms with Gasteiger partial charge in [-0.1, -0.05) is 15.9 Å². The predicted octanol–water partition coefficient (Wildman–Crippen LogP) is 3.54. The molecule has 110 valence electrons. The number of rotatable bonds is 4. The number of hydrogen-bond donors (Lipinski definition) is 1. The van der Waals surface area contributed by atoms with Crippen molar-refractivity contribution in [1.29, 1.82) is 0 Å². The summed E-state index contributed by atoms with van der Waals surface area (Å²) in [5, 5.41) is 0. The topological polar surface area (TPSA) is 61.5 Å². The molecule has 0 aromatic heterocycles. The third-order valence-electron chi connectivity index (χ3n) is 2.80. The molecule has 2 aromatic carbocycles. The van der Waals surface area contributed by atoms with Gasteiger partial charge in [-0.2, -0.15) is 0 Å². The fourth-order valence-electron chi connectivity index (χ4n) is 1.75. The van der Waals surface area contributed by atoms with Gasteiger partial charge in [0.25, 0.3) is 0 Å². The van der Waals surface area contributed by atoms with Crippen LogP contribution in [0.5, 0.6) is 5.75 Å². The summed E-state index contributed by atoms with van der Waals surface area (Å²) in [6.07, 6.45) is 0. The smallest absolute Gasteiger partial charge is 0.341 e. The van der Waals surface area contributed by atoms with E-state index in [1.807, 2.05) is 0 Å². The van der Waals surface area contributed by atoms with E-state index in [1.165, 1.54) is 25.3 Å². The Hall–Kier alpha value is -2.08. The number of ether oxygens (including phenoxy) is 2. The molecule has 0 saturated heterocycles. The molecular formula is C15H13BrFNO3. The molecular weight excluding hydrogens is 341 g/mol. The summed E-state index contributed by atoms with van der Waals surface area (Å²) in [5.41, 5.74) is 6.93. The molecule has 0 heterocycles. The third-order valence-corrected chi connectivity index (χ3v) is 3.57. The lowest BCUT2D eigenvalue weighted by atomic mass is 10.1. The van der Waals surface area contributed by atoms with E-state index in [2.05, 4.69) is 20.7 Å². The van der Waals surface area contributed by atoms with E-state index < -0.39 is 5.97 Å². The molecule has 0 amide bonds. The van der Waals surface area contributed by atoms with Crippen LogP contribution in [0.1, 0.15) is 15.9 Å². The zero-order chi connectivity index (χ0) is 15.4. The van der Waals surface area contributed by atoms with Gasteiger partial charge in [-0.3, -0.25) is 0 Å². The van der Waals surface area contributed by atoms with E-state index in [0.29, 0.717) is 17.0 Å². The number of nitrogens with two attached hydrogens (primary N) is 1. The molecule has 0 fully saturated rings. The van der Waals surface area contributed by atoms with Gasteiger partial charge in [-0.15, -0.1) is 0 Å². The van der Waals surface area contributed by atoms with E-state index in [1.54, 1.807) is 18.2 Å². The lowest BCUT2D eigenvalue weighted by Crippen LogP contribution is -2.07. The Bertz CT molecular complexity index is 676. The van der Waals surface area contributed by atoms with Gasteiger partial charge in [0.1, 0.15) is 23.7 Å². The fraction of sp³-hybridized carbons (Fsp3) is 0.133. The second kappa shape index (κ2) is 6.58. The minimum Gasteiger partial charge on any atom is -0.488 e. The maximum absolute atomic E-state index is 13.2. The van der Waals surface area contributed by atoms with Crippen LogP contribution in [0, 0.1) is 5.82 Å². The van der Waals surface area contributed by atoms with Crippen LogP contribution in [-0.2, 0) is 11.3 Å². The first-order chi connectivity index (χ1) is 10.0. The van der Waals surface area contributed by atoms with Crippen molar-refractivity contribution in [3.05, 3.63) is 57.8 Å². The molecule has 21 heavy (non-hydrogen) atoms. The Labute approximate surface area is 129 Å². The van der Waals surface area contributed by atoms with Crippen molar-refractivity contribution in [3.63, 3.8) is 0 Å². The summed E-state index contributed by atoms with van der Waals surface area (Å²) in [7, 11) is 1.28. The summed E-state index contributed by atoms with van der Waals surface area (Å²) < 4.78 is 24.2. The van der Waals surface area contributed by atoms with Crippen LogP contribution < -0.4 is 10.5 Å². The Morgan fingerprint density at radius 1 is 1.29 bits per heavy atom. The molecule has 0 radical (unpaired) electrons. The molecule has 0 saturated carbocycles. The number of methoxy groups -OCH3 is 1. The number of benzene rings is 2. The summed E-state index contributed by atoms with van der Waals surface area (Å²) >= 11 is 3.32. The summed E-state index contributed by atoms with van der Waals surface area (Å²) in [6, 6.07) is 8.97. The molecule has 0 unspecified atom stereocenters. The maximum atomic E-state index is 13.2. The van der Waals surface area contributed by atoms with Crippen molar-refractivity contribution >= 4 is 27.6 Å². The van der Waals surface area contributed by atoms with E-state index >= 15 is 0 Å². The van der Waals surface area contributed by atoms with Crippen LogP contribution in [0.25, 0.3) is 0 Å². The molecule has 0 bridgehead atoms. The van der Waals surface area contributed by atoms with E-state index in [4.69, 9.17) is 10.5 Å². The number of carbonyl (C=O) groups is 1. The Kier molecular flexibility index (Phi) is 4.80. The molecule has 0 aliphatic rings. The van der Waals surface area contributed by atoms with Crippen LogP contribution >= 0.6 is 15.9 Å². The van der Waals surface area contributed by atoms with Gasteiger partial charge >= 0.3 is 5.97 Å². The predicted molar refractivity (Wildman–Crippen MR) is 80.6 cm³/mol. The van der Waals surface area contributed by atoms with Crippen LogP contribution in [0.4, 0.5) is 10.1 Å². The second-order valence-electron chi connectivity index (χ2n) is 4.27. The van der Waals surface area contributed by atoms with Crippen molar-refractivity contribution in [3.8, 4) is 5.75 Å². The number of halogens is 2. The van der Waals surface area contributed by atoms with Gasteiger partial charge < -0.3 is 15.2 Å². The second-order valence-corrected chi connectivity index (χ2v) is 5.13. The molecule has 6 heteroatoms. The van der Waals surface area contributed by atoms with Crippen molar-refractivity contribution in [1.82, 2.24) is 0 Å². The number of nitrogen functional groups attached to an aromatic ring is 1. The van der Waals surface area contributed by atoms with Crippen molar-refractivity contribution in [2.75, 3.05) is 12.8 Å². The largest absolute Gasteiger partial charge is 0.488 e. The standard InChI is InChI=1S/C15H13BrFNO3/c1-20-15(19)12-7-11(18)3-5-14(12)21-8-9-6-10(17)2-4-13(9)16/h2-7H,8,18H2,1H3. The zero-order valence-corrected chi connectivity index (χ0v) is 12.8. The average Bonchev–Trinajstić information content (AvgIpc) is 2.48. The van der Waals surface area contributed by atoms with Gasteiger partial charge in [0.05, 0.1) is 7.11 Å². The van der Waals surface area contributed by atoms with Crippen LogP contribution in [0.3, 0.4) is 0 Å². The lowest BCUT2D eigenvalue weighted by Gasteiger charge is -2.12. The monoisotopic (exact) mass is 353 g/mol. The highest BCUT2D eigenvalue weighted by Gasteiger charge is 2.14. The SMILES string of the molecule is COC(=O)c1cc(N)ccc1OCc1cc(F)ccc1Br. The molecule has 4 nitrogen and oxygen atoms in total. The van der Waals surface area contributed by atoms with E-state index in [9.17, 15) is 9.18 Å². The molecule has 0 aliphatic heterocycles. The zero-order valence-electron chi connectivity index (χ0n) is 11.2. The maximum Gasteiger partial charge on any atom is 0.341 e. The van der Waals surface area contributed by atoms with Crippen LogP contribution in [0.15, 0.2) is 40.9 Å². The quantitative estimate of drug-likeness (QED) is 0.674. The van der Waals surface area contributed by atoms with Gasteiger partial charge in [0.15, 0.2) is 0 Å².